The van der Waals surface area contributed by atoms with Crippen molar-refractivity contribution in [1.29, 1.82) is 0 Å². The topological polar surface area (TPSA) is 63.8 Å². The molecular weight excluding hydrogens is 319 g/mol. The summed E-state index contributed by atoms with van der Waals surface area (Å²) in [6.45, 7) is 0. The van der Waals surface area contributed by atoms with E-state index in [1.54, 1.807) is 12.1 Å². The molecule has 0 aliphatic heterocycles. The van der Waals surface area contributed by atoms with Gasteiger partial charge >= 0.3 is 0 Å². The normalized spacial score (nSPS) is 10.1. The molecule has 18 heavy (non-hydrogen) atoms. The van der Waals surface area contributed by atoms with Crippen molar-refractivity contribution in [2.45, 2.75) is 0 Å². The highest BCUT2D eigenvalue weighted by atomic mass is 79.9. The van der Waals surface area contributed by atoms with Gasteiger partial charge in [0, 0.05) is 4.47 Å². The number of nitrogens with two attached hydrogens (primary N) is 1. The molecule has 0 unspecified atom stereocenters. The highest BCUT2D eigenvalue weighted by Gasteiger charge is 2.07. The second kappa shape index (κ2) is 5.36. The van der Waals surface area contributed by atoms with E-state index in [0.717, 1.165) is 0 Å². The third-order valence-corrected chi connectivity index (χ3v) is 2.99. The standard InChI is InChI=1S/C11H8BrFN4S/c12-6-2-1-3-7(13)10(6)17-9-5-15-8(4-16-9)11(14)18/h1-5H,(H2,14,18)(H,16,17). The van der Waals surface area contributed by atoms with E-state index in [0.29, 0.717) is 21.7 Å². The molecule has 7 heteroatoms. The Labute approximate surface area is 117 Å². The van der Waals surface area contributed by atoms with Gasteiger partial charge in [0.25, 0.3) is 0 Å². The minimum atomic E-state index is -0.385. The third-order valence-electron chi connectivity index (χ3n) is 2.12. The molecule has 0 radical (unpaired) electrons. The van der Waals surface area contributed by atoms with Crippen molar-refractivity contribution in [2.75, 3.05) is 5.32 Å². The lowest BCUT2D eigenvalue weighted by Gasteiger charge is -2.08. The molecule has 3 N–H and O–H groups in total. The van der Waals surface area contributed by atoms with Crippen LogP contribution in [0.1, 0.15) is 5.69 Å². The van der Waals surface area contributed by atoms with Gasteiger partial charge in [-0.3, -0.25) is 0 Å². The first-order chi connectivity index (χ1) is 8.58. The molecule has 0 saturated carbocycles. The summed E-state index contributed by atoms with van der Waals surface area (Å²) in [7, 11) is 0. The van der Waals surface area contributed by atoms with Crippen LogP contribution in [0.2, 0.25) is 0 Å². The van der Waals surface area contributed by atoms with E-state index < -0.39 is 0 Å². The molecule has 0 bridgehead atoms. The van der Waals surface area contributed by atoms with E-state index >= 15 is 0 Å². The molecule has 1 aromatic heterocycles. The van der Waals surface area contributed by atoms with Crippen LogP contribution in [0.5, 0.6) is 0 Å². The van der Waals surface area contributed by atoms with Crippen LogP contribution in [0, 0.1) is 5.82 Å². The number of hydrogen-bond donors (Lipinski definition) is 2. The predicted octanol–water partition coefficient (Wildman–Crippen LogP) is 2.76. The van der Waals surface area contributed by atoms with E-state index in [1.165, 1.54) is 18.5 Å². The Morgan fingerprint density at radius 2 is 2.11 bits per heavy atom. The summed E-state index contributed by atoms with van der Waals surface area (Å²) in [5.41, 5.74) is 6.13. The Morgan fingerprint density at radius 3 is 2.67 bits per heavy atom. The van der Waals surface area contributed by atoms with E-state index in [1.807, 2.05) is 0 Å². The molecule has 0 aliphatic carbocycles. The van der Waals surface area contributed by atoms with Gasteiger partial charge in [-0.05, 0) is 28.1 Å². The number of rotatable bonds is 3. The maximum atomic E-state index is 13.6. The Kier molecular flexibility index (Phi) is 3.83. The largest absolute Gasteiger partial charge is 0.388 e. The fourth-order valence-corrected chi connectivity index (χ4v) is 1.81. The summed E-state index contributed by atoms with van der Waals surface area (Å²) >= 11 is 8.01. The molecule has 1 heterocycles. The number of halogens is 2. The van der Waals surface area contributed by atoms with Gasteiger partial charge in [0.05, 0.1) is 18.1 Å². The van der Waals surface area contributed by atoms with Gasteiger partial charge in [-0.25, -0.2) is 14.4 Å². The Hall–Kier alpha value is -1.60. The van der Waals surface area contributed by atoms with Gasteiger partial charge in [-0.2, -0.15) is 0 Å². The first kappa shape index (κ1) is 12.8. The number of nitrogens with one attached hydrogen (secondary N) is 1. The summed E-state index contributed by atoms with van der Waals surface area (Å²) < 4.78 is 14.2. The van der Waals surface area contributed by atoms with Crippen LogP contribution in [0.3, 0.4) is 0 Å². The molecule has 0 saturated heterocycles. The van der Waals surface area contributed by atoms with E-state index in [4.69, 9.17) is 18.0 Å². The Balaban J connectivity index is 2.26. The number of nitrogens with zero attached hydrogens (tertiary/aromatic N) is 2. The van der Waals surface area contributed by atoms with E-state index in [-0.39, 0.29) is 10.8 Å². The number of benzene rings is 1. The zero-order valence-electron chi connectivity index (χ0n) is 9.02. The van der Waals surface area contributed by atoms with Crippen LogP contribution in [-0.2, 0) is 0 Å². The quantitative estimate of drug-likeness (QED) is 0.849. The van der Waals surface area contributed by atoms with Gasteiger partial charge in [-0.15, -0.1) is 0 Å². The average molecular weight is 327 g/mol. The summed E-state index contributed by atoms with van der Waals surface area (Å²) in [4.78, 5) is 8.22. The van der Waals surface area contributed by atoms with Crippen molar-refractivity contribution in [3.8, 4) is 0 Å². The summed E-state index contributed by atoms with van der Waals surface area (Å²) in [5.74, 6) is 0.0189. The highest BCUT2D eigenvalue weighted by Crippen LogP contribution is 2.27. The van der Waals surface area contributed by atoms with Crippen molar-refractivity contribution in [3.05, 3.63) is 46.6 Å². The van der Waals surface area contributed by atoms with Crippen molar-refractivity contribution in [1.82, 2.24) is 9.97 Å². The molecule has 4 nitrogen and oxygen atoms in total. The van der Waals surface area contributed by atoms with Crippen molar-refractivity contribution >= 4 is 44.6 Å². The highest BCUT2D eigenvalue weighted by molar-refractivity contribution is 9.10. The minimum Gasteiger partial charge on any atom is -0.388 e. The second-order valence-electron chi connectivity index (χ2n) is 3.37. The Bertz CT molecular complexity index is 568. The van der Waals surface area contributed by atoms with Crippen molar-refractivity contribution in [2.24, 2.45) is 5.73 Å². The lowest BCUT2D eigenvalue weighted by molar-refractivity contribution is 0.631. The molecule has 0 aliphatic rings. The lowest BCUT2D eigenvalue weighted by atomic mass is 10.3. The fourth-order valence-electron chi connectivity index (χ4n) is 1.27. The minimum absolute atomic E-state index is 0.168. The maximum Gasteiger partial charge on any atom is 0.149 e. The van der Waals surface area contributed by atoms with Crippen LogP contribution < -0.4 is 11.1 Å². The number of anilines is 2. The number of para-hydroxylation sites is 1. The first-order valence-corrected chi connectivity index (χ1v) is 6.11. The summed E-state index contributed by atoms with van der Waals surface area (Å²) in [6, 6.07) is 4.68. The molecule has 92 valence electrons. The van der Waals surface area contributed by atoms with Gasteiger partial charge < -0.3 is 11.1 Å². The van der Waals surface area contributed by atoms with Crippen LogP contribution in [0.4, 0.5) is 15.9 Å². The van der Waals surface area contributed by atoms with Gasteiger partial charge in [0.15, 0.2) is 0 Å². The number of thiocarbonyl (C=S) groups is 1. The van der Waals surface area contributed by atoms with E-state index in [9.17, 15) is 4.39 Å². The summed E-state index contributed by atoms with van der Waals surface area (Å²) in [6.07, 6.45) is 2.87. The molecule has 0 atom stereocenters. The molecule has 1 aromatic carbocycles. The second-order valence-corrected chi connectivity index (χ2v) is 4.67. The van der Waals surface area contributed by atoms with Gasteiger partial charge in [0.2, 0.25) is 0 Å². The first-order valence-electron chi connectivity index (χ1n) is 4.91. The molecule has 2 rings (SSSR count). The van der Waals surface area contributed by atoms with Crippen LogP contribution in [0.15, 0.2) is 35.1 Å². The van der Waals surface area contributed by atoms with Crippen molar-refractivity contribution in [3.63, 3.8) is 0 Å². The van der Waals surface area contributed by atoms with Gasteiger partial charge in [0.1, 0.15) is 22.3 Å². The molecular formula is C11H8BrFN4S. The summed E-state index contributed by atoms with van der Waals surface area (Å²) in [5, 5.41) is 2.83. The Morgan fingerprint density at radius 1 is 1.33 bits per heavy atom. The smallest absolute Gasteiger partial charge is 0.149 e. The molecule has 0 spiro atoms. The van der Waals surface area contributed by atoms with Gasteiger partial charge in [-0.1, -0.05) is 18.3 Å². The zero-order valence-corrected chi connectivity index (χ0v) is 11.4. The predicted molar refractivity (Wildman–Crippen MR) is 75.3 cm³/mol. The zero-order chi connectivity index (χ0) is 13.1. The van der Waals surface area contributed by atoms with Crippen molar-refractivity contribution < 1.29 is 4.39 Å². The number of aromatic nitrogens is 2. The lowest BCUT2D eigenvalue weighted by Crippen LogP contribution is -2.12. The third kappa shape index (κ3) is 2.80. The van der Waals surface area contributed by atoms with E-state index in [2.05, 4.69) is 31.2 Å². The molecule has 0 fully saturated rings. The SMILES string of the molecule is NC(=S)c1cnc(Nc2c(F)cccc2Br)cn1. The maximum absolute atomic E-state index is 13.6. The number of hydrogen-bond acceptors (Lipinski definition) is 4. The van der Waals surface area contributed by atoms with Crippen LogP contribution in [0.25, 0.3) is 0 Å². The average Bonchev–Trinajstić information content (AvgIpc) is 2.34. The molecule has 2 aromatic rings. The molecule has 0 amide bonds. The van der Waals surface area contributed by atoms with Crippen LogP contribution >= 0.6 is 28.1 Å². The monoisotopic (exact) mass is 326 g/mol. The van der Waals surface area contributed by atoms with Crippen LogP contribution in [-0.4, -0.2) is 15.0 Å². The fraction of sp³-hybridized carbons (Fsp3) is 0.